The van der Waals surface area contributed by atoms with E-state index in [1.54, 1.807) is 18.3 Å². The van der Waals surface area contributed by atoms with Gasteiger partial charge in [0.1, 0.15) is 12.4 Å². The fourth-order valence-corrected chi connectivity index (χ4v) is 2.64. The summed E-state index contributed by atoms with van der Waals surface area (Å²) in [6, 6.07) is 14.0. The van der Waals surface area contributed by atoms with Crippen LogP contribution >= 0.6 is 12.2 Å². The predicted molar refractivity (Wildman–Crippen MR) is 108 cm³/mol. The molecule has 1 N–H and O–H groups in total. The maximum atomic E-state index is 10.7. The van der Waals surface area contributed by atoms with E-state index in [1.807, 2.05) is 24.3 Å². The van der Waals surface area contributed by atoms with E-state index in [0.29, 0.717) is 22.1 Å². The smallest absolute Gasteiger partial charge is 0.269 e. The fourth-order valence-electron chi connectivity index (χ4n) is 2.44. The Kier molecular flexibility index (Phi) is 5.95. The summed E-state index contributed by atoms with van der Waals surface area (Å²) in [4.78, 5) is 10.3. The Morgan fingerprint density at radius 3 is 2.54 bits per heavy atom. The number of aromatic nitrogens is 3. The lowest BCUT2D eigenvalue weighted by atomic mass is 10.0. The van der Waals surface area contributed by atoms with Crippen molar-refractivity contribution < 1.29 is 9.66 Å². The van der Waals surface area contributed by atoms with E-state index in [-0.39, 0.29) is 12.3 Å². The maximum Gasteiger partial charge on any atom is 0.269 e. The first-order valence-corrected chi connectivity index (χ1v) is 9.02. The number of hydrogen-bond acceptors (Lipinski definition) is 6. The molecule has 0 saturated heterocycles. The molecular weight excluding hydrogens is 378 g/mol. The number of hydrogen-bond donors (Lipinski definition) is 1. The van der Waals surface area contributed by atoms with E-state index in [9.17, 15) is 10.1 Å². The molecule has 0 saturated carbocycles. The minimum Gasteiger partial charge on any atom is -0.486 e. The highest BCUT2D eigenvalue weighted by molar-refractivity contribution is 7.71. The van der Waals surface area contributed by atoms with E-state index < -0.39 is 4.92 Å². The number of nitrogens with zero attached hydrogens (tertiary/aromatic N) is 4. The van der Waals surface area contributed by atoms with Crippen molar-refractivity contribution in [2.24, 2.45) is 5.10 Å². The van der Waals surface area contributed by atoms with Crippen LogP contribution < -0.4 is 4.74 Å². The van der Waals surface area contributed by atoms with E-state index in [4.69, 9.17) is 17.0 Å². The van der Waals surface area contributed by atoms with E-state index in [2.05, 4.69) is 29.1 Å². The number of benzene rings is 2. The van der Waals surface area contributed by atoms with Crippen molar-refractivity contribution in [3.63, 3.8) is 0 Å². The predicted octanol–water partition coefficient (Wildman–Crippen LogP) is 4.43. The van der Waals surface area contributed by atoms with E-state index >= 15 is 0 Å². The van der Waals surface area contributed by atoms with Crippen molar-refractivity contribution >= 4 is 24.1 Å². The van der Waals surface area contributed by atoms with Gasteiger partial charge < -0.3 is 4.74 Å². The Morgan fingerprint density at radius 2 is 1.93 bits per heavy atom. The van der Waals surface area contributed by atoms with Gasteiger partial charge in [-0.15, -0.1) is 0 Å². The summed E-state index contributed by atoms with van der Waals surface area (Å²) in [5, 5.41) is 21.9. The third kappa shape index (κ3) is 4.68. The van der Waals surface area contributed by atoms with Gasteiger partial charge in [0.05, 0.1) is 11.1 Å². The molecule has 0 aliphatic carbocycles. The van der Waals surface area contributed by atoms with Gasteiger partial charge in [-0.05, 0) is 53.5 Å². The zero-order valence-electron chi connectivity index (χ0n) is 15.4. The van der Waals surface area contributed by atoms with Crippen LogP contribution in [0.1, 0.15) is 36.7 Å². The molecule has 0 fully saturated rings. The van der Waals surface area contributed by atoms with Gasteiger partial charge in [0.25, 0.3) is 5.69 Å². The second-order valence-electron chi connectivity index (χ2n) is 6.36. The molecule has 0 radical (unpaired) electrons. The molecule has 0 aliphatic heterocycles. The van der Waals surface area contributed by atoms with Crippen LogP contribution in [0.3, 0.4) is 0 Å². The van der Waals surface area contributed by atoms with Crippen molar-refractivity contribution in [3.05, 3.63) is 80.4 Å². The number of ether oxygens (including phenoxy) is 1. The summed E-state index contributed by atoms with van der Waals surface area (Å²) >= 11 is 5.21. The first-order valence-electron chi connectivity index (χ1n) is 8.62. The Bertz CT molecular complexity index is 1040. The first-order chi connectivity index (χ1) is 13.4. The lowest BCUT2D eigenvalue weighted by Gasteiger charge is -2.08. The molecule has 0 spiro atoms. The lowest BCUT2D eigenvalue weighted by molar-refractivity contribution is -0.384. The van der Waals surface area contributed by atoms with Crippen molar-refractivity contribution in [1.82, 2.24) is 14.9 Å². The normalized spacial score (nSPS) is 11.2. The molecular formula is C19H19N5O3S. The Hall–Kier alpha value is -3.33. The molecule has 0 unspecified atom stereocenters. The standard InChI is InChI=1S/C19H19N5O3S/c1-13(2)15-5-9-17(10-6-15)27-12-18-21-22-19(28)23(18)20-11-14-3-7-16(8-4-14)24(25)26/h3-11,13H,12H2,1-2H3,(H,22,28)/b20-11-. The van der Waals surface area contributed by atoms with Gasteiger partial charge in [-0.25, -0.2) is 5.10 Å². The minimum absolute atomic E-state index is 0.0228. The maximum absolute atomic E-state index is 10.7. The first kappa shape index (κ1) is 19.4. The average molecular weight is 397 g/mol. The largest absolute Gasteiger partial charge is 0.486 e. The van der Waals surface area contributed by atoms with Gasteiger partial charge >= 0.3 is 0 Å². The quantitative estimate of drug-likeness (QED) is 0.275. The van der Waals surface area contributed by atoms with Crippen LogP contribution in [-0.4, -0.2) is 26.0 Å². The van der Waals surface area contributed by atoms with Crippen LogP contribution in [0.5, 0.6) is 5.75 Å². The van der Waals surface area contributed by atoms with Crippen LogP contribution in [0.2, 0.25) is 0 Å². The molecule has 9 heteroatoms. The highest BCUT2D eigenvalue weighted by Gasteiger charge is 2.07. The van der Waals surface area contributed by atoms with Gasteiger partial charge in [0, 0.05) is 12.1 Å². The van der Waals surface area contributed by atoms with Gasteiger partial charge in [-0.2, -0.15) is 14.9 Å². The summed E-state index contributed by atoms with van der Waals surface area (Å²) in [6.07, 6.45) is 1.55. The highest BCUT2D eigenvalue weighted by atomic mass is 32.1. The number of nitro benzene ring substituents is 1. The van der Waals surface area contributed by atoms with Crippen molar-refractivity contribution in [3.8, 4) is 5.75 Å². The Morgan fingerprint density at radius 1 is 1.25 bits per heavy atom. The van der Waals surface area contributed by atoms with Crippen molar-refractivity contribution in [2.75, 3.05) is 0 Å². The molecule has 2 aromatic carbocycles. The molecule has 0 aliphatic rings. The monoisotopic (exact) mass is 397 g/mol. The summed E-state index contributed by atoms with van der Waals surface area (Å²) in [7, 11) is 0. The van der Waals surface area contributed by atoms with Crippen LogP contribution in [-0.2, 0) is 6.61 Å². The minimum atomic E-state index is -0.448. The molecule has 1 aromatic heterocycles. The zero-order chi connectivity index (χ0) is 20.1. The second-order valence-corrected chi connectivity index (χ2v) is 6.75. The third-order valence-corrected chi connectivity index (χ3v) is 4.32. The molecule has 1 heterocycles. The summed E-state index contributed by atoms with van der Waals surface area (Å²) < 4.78 is 7.56. The summed E-state index contributed by atoms with van der Waals surface area (Å²) in [6.45, 7) is 4.46. The lowest BCUT2D eigenvalue weighted by Crippen LogP contribution is -2.04. The number of nitro groups is 1. The summed E-state index contributed by atoms with van der Waals surface area (Å²) in [5.41, 5.74) is 1.96. The van der Waals surface area contributed by atoms with E-state index in [1.165, 1.54) is 22.4 Å². The van der Waals surface area contributed by atoms with Gasteiger partial charge in [-0.3, -0.25) is 10.1 Å². The number of non-ortho nitro benzene ring substituents is 1. The van der Waals surface area contributed by atoms with Gasteiger partial charge in [-0.1, -0.05) is 26.0 Å². The Balaban J connectivity index is 1.71. The van der Waals surface area contributed by atoms with Crippen molar-refractivity contribution in [1.29, 1.82) is 0 Å². The number of rotatable bonds is 7. The van der Waals surface area contributed by atoms with Gasteiger partial charge in [0.2, 0.25) is 4.77 Å². The van der Waals surface area contributed by atoms with E-state index in [0.717, 1.165) is 5.75 Å². The zero-order valence-corrected chi connectivity index (χ0v) is 16.2. The van der Waals surface area contributed by atoms with Crippen LogP contribution in [0, 0.1) is 14.9 Å². The van der Waals surface area contributed by atoms with Crippen molar-refractivity contribution in [2.45, 2.75) is 26.4 Å². The molecule has 28 heavy (non-hydrogen) atoms. The molecule has 0 bridgehead atoms. The average Bonchev–Trinajstić information content (AvgIpc) is 3.05. The third-order valence-electron chi connectivity index (χ3n) is 4.06. The summed E-state index contributed by atoms with van der Waals surface area (Å²) in [5.74, 6) is 1.69. The molecule has 0 atom stereocenters. The van der Waals surface area contributed by atoms with Crippen LogP contribution in [0.25, 0.3) is 0 Å². The Labute approximate surface area is 166 Å². The molecule has 8 nitrogen and oxygen atoms in total. The number of aromatic amines is 1. The number of nitrogens with one attached hydrogen (secondary N) is 1. The topological polar surface area (TPSA) is 98.3 Å². The van der Waals surface area contributed by atoms with Crippen LogP contribution in [0.15, 0.2) is 53.6 Å². The fraction of sp³-hybridized carbons (Fsp3) is 0.211. The highest BCUT2D eigenvalue weighted by Crippen LogP contribution is 2.19. The molecule has 0 amide bonds. The SMILES string of the molecule is CC(C)c1ccc(OCc2n[nH]c(=S)n2/N=C\c2ccc([N+](=O)[O-])cc2)cc1. The molecule has 3 rings (SSSR count). The van der Waals surface area contributed by atoms with Gasteiger partial charge in [0.15, 0.2) is 5.82 Å². The number of H-pyrrole nitrogens is 1. The molecule has 144 valence electrons. The molecule has 3 aromatic rings. The second kappa shape index (κ2) is 8.57. The van der Waals surface area contributed by atoms with Crippen LogP contribution in [0.4, 0.5) is 5.69 Å².